The zero-order valence-corrected chi connectivity index (χ0v) is 16.3. The van der Waals surface area contributed by atoms with Gasteiger partial charge in [-0.1, -0.05) is 13.8 Å². The van der Waals surface area contributed by atoms with Gasteiger partial charge in [-0.05, 0) is 53.9 Å². The third kappa shape index (κ3) is 4.91. The number of amides is 1. The highest BCUT2D eigenvalue weighted by Crippen LogP contribution is 2.24. The first kappa shape index (κ1) is 19.6. The van der Waals surface area contributed by atoms with E-state index in [2.05, 4.69) is 13.8 Å². The van der Waals surface area contributed by atoms with Gasteiger partial charge < -0.3 is 20.3 Å². The van der Waals surface area contributed by atoms with Gasteiger partial charge in [0.05, 0.1) is 7.11 Å². The third-order valence-electron chi connectivity index (χ3n) is 4.16. The normalized spacial score (nSPS) is 10.7. The number of rotatable bonds is 7. The molecule has 2 aromatic carbocycles. The van der Waals surface area contributed by atoms with E-state index < -0.39 is 0 Å². The zero-order chi connectivity index (χ0) is 19.3. The van der Waals surface area contributed by atoms with E-state index in [0.717, 1.165) is 17.0 Å². The van der Waals surface area contributed by atoms with Crippen LogP contribution in [0, 0.1) is 5.92 Å². The van der Waals surface area contributed by atoms with Crippen LogP contribution in [0.15, 0.2) is 42.5 Å². The van der Waals surface area contributed by atoms with Crippen LogP contribution in [-0.2, 0) is 6.54 Å². The summed E-state index contributed by atoms with van der Waals surface area (Å²) >= 11 is 0. The summed E-state index contributed by atoms with van der Waals surface area (Å²) in [5, 5.41) is 0. The van der Waals surface area contributed by atoms with Gasteiger partial charge >= 0.3 is 0 Å². The second-order valence-corrected chi connectivity index (χ2v) is 7.09. The highest BCUT2D eigenvalue weighted by Gasteiger charge is 2.19. The van der Waals surface area contributed by atoms with Crippen LogP contribution in [0.3, 0.4) is 0 Å². The molecule has 0 aliphatic carbocycles. The maximum atomic E-state index is 13.1. The predicted octanol–water partition coefficient (Wildman–Crippen LogP) is 3.64. The first-order chi connectivity index (χ1) is 12.3. The molecular weight excluding hydrogens is 326 g/mol. The van der Waals surface area contributed by atoms with Crippen LogP contribution in [0.5, 0.6) is 5.75 Å². The number of nitrogen functional groups attached to an aromatic ring is 1. The summed E-state index contributed by atoms with van der Waals surface area (Å²) in [6.07, 6.45) is 0. The largest absolute Gasteiger partial charge is 0.497 e. The highest BCUT2D eigenvalue weighted by molar-refractivity contribution is 5.94. The number of hydrogen-bond donors (Lipinski definition) is 1. The minimum Gasteiger partial charge on any atom is -0.497 e. The fraction of sp³-hybridized carbons (Fsp3) is 0.381. The second kappa shape index (κ2) is 8.61. The van der Waals surface area contributed by atoms with Crippen molar-refractivity contribution in [2.24, 2.45) is 5.92 Å². The molecule has 0 saturated carbocycles. The van der Waals surface area contributed by atoms with Gasteiger partial charge in [0.25, 0.3) is 5.91 Å². The number of anilines is 2. The zero-order valence-electron chi connectivity index (χ0n) is 16.3. The number of methoxy groups -OCH3 is 1. The van der Waals surface area contributed by atoms with E-state index in [1.165, 1.54) is 0 Å². The monoisotopic (exact) mass is 355 g/mol. The van der Waals surface area contributed by atoms with E-state index in [4.69, 9.17) is 10.5 Å². The Morgan fingerprint density at radius 2 is 1.77 bits per heavy atom. The van der Waals surface area contributed by atoms with E-state index in [-0.39, 0.29) is 5.91 Å². The molecule has 5 heteroatoms. The molecule has 1 amide bonds. The Morgan fingerprint density at radius 1 is 1.12 bits per heavy atom. The molecule has 0 atom stereocenters. The quantitative estimate of drug-likeness (QED) is 0.770. The van der Waals surface area contributed by atoms with Crippen molar-refractivity contribution in [1.29, 1.82) is 0 Å². The molecule has 0 saturated heterocycles. The summed E-state index contributed by atoms with van der Waals surface area (Å²) < 4.78 is 5.18. The summed E-state index contributed by atoms with van der Waals surface area (Å²) in [4.78, 5) is 17.0. The van der Waals surface area contributed by atoms with Gasteiger partial charge in [0.15, 0.2) is 0 Å². The van der Waals surface area contributed by atoms with Crippen LogP contribution >= 0.6 is 0 Å². The molecule has 26 heavy (non-hydrogen) atoms. The molecule has 0 aliphatic rings. The fourth-order valence-corrected chi connectivity index (χ4v) is 2.95. The van der Waals surface area contributed by atoms with Crippen LogP contribution in [0.4, 0.5) is 11.4 Å². The molecule has 140 valence electrons. The maximum Gasteiger partial charge on any atom is 0.254 e. The molecule has 2 aromatic rings. The summed E-state index contributed by atoms with van der Waals surface area (Å²) in [5.41, 5.74) is 9.45. The number of hydrogen-bond acceptors (Lipinski definition) is 4. The van der Waals surface area contributed by atoms with Crippen LogP contribution < -0.4 is 15.4 Å². The number of ether oxygens (including phenoxy) is 1. The molecule has 0 aliphatic heterocycles. The summed E-state index contributed by atoms with van der Waals surface area (Å²) in [6, 6.07) is 13.1. The smallest absolute Gasteiger partial charge is 0.254 e. The molecule has 0 aromatic heterocycles. The Kier molecular flexibility index (Phi) is 6.50. The summed E-state index contributed by atoms with van der Waals surface area (Å²) in [6.45, 7) is 5.41. The highest BCUT2D eigenvalue weighted by atomic mass is 16.5. The lowest BCUT2D eigenvalue weighted by Crippen LogP contribution is -2.34. The van der Waals surface area contributed by atoms with Crippen molar-refractivity contribution in [1.82, 2.24) is 4.90 Å². The van der Waals surface area contributed by atoms with E-state index in [0.29, 0.717) is 30.3 Å². The second-order valence-electron chi connectivity index (χ2n) is 7.09. The Balaban J connectivity index is 2.32. The van der Waals surface area contributed by atoms with E-state index in [1.807, 2.05) is 54.2 Å². The average Bonchev–Trinajstić information content (AvgIpc) is 2.60. The molecule has 5 nitrogen and oxygen atoms in total. The third-order valence-corrected chi connectivity index (χ3v) is 4.16. The lowest BCUT2D eigenvalue weighted by molar-refractivity contribution is 0.0723. The average molecular weight is 355 g/mol. The molecule has 0 spiro atoms. The summed E-state index contributed by atoms with van der Waals surface area (Å²) in [7, 11) is 5.60. The molecule has 2 N–H and O–H groups in total. The summed E-state index contributed by atoms with van der Waals surface area (Å²) in [5.74, 6) is 1.11. The van der Waals surface area contributed by atoms with Gasteiger partial charge in [0, 0.05) is 44.1 Å². The van der Waals surface area contributed by atoms with E-state index in [1.54, 1.807) is 19.2 Å². The number of carbonyl (C=O) groups excluding carboxylic acids is 1. The molecule has 0 bridgehead atoms. The Labute approximate surface area is 156 Å². The number of benzene rings is 2. The van der Waals surface area contributed by atoms with Crippen molar-refractivity contribution in [3.8, 4) is 5.75 Å². The van der Waals surface area contributed by atoms with Gasteiger partial charge in [0.1, 0.15) is 5.75 Å². The molecular formula is C21H29N3O2. The van der Waals surface area contributed by atoms with Gasteiger partial charge in [-0.15, -0.1) is 0 Å². The lowest BCUT2D eigenvalue weighted by Gasteiger charge is -2.27. The van der Waals surface area contributed by atoms with Crippen LogP contribution in [0.2, 0.25) is 0 Å². The Hall–Kier alpha value is -2.69. The van der Waals surface area contributed by atoms with Gasteiger partial charge in [-0.25, -0.2) is 0 Å². The molecule has 0 heterocycles. The van der Waals surface area contributed by atoms with Crippen molar-refractivity contribution >= 4 is 17.3 Å². The van der Waals surface area contributed by atoms with E-state index in [9.17, 15) is 4.79 Å². The van der Waals surface area contributed by atoms with Gasteiger partial charge in [-0.2, -0.15) is 0 Å². The minimum absolute atomic E-state index is 0.00786. The first-order valence-electron chi connectivity index (χ1n) is 8.81. The maximum absolute atomic E-state index is 13.1. The molecule has 2 rings (SSSR count). The Bertz CT molecular complexity index is 739. The molecule has 0 radical (unpaired) electrons. The van der Waals surface area contributed by atoms with Crippen molar-refractivity contribution in [3.63, 3.8) is 0 Å². The first-order valence-corrected chi connectivity index (χ1v) is 8.81. The van der Waals surface area contributed by atoms with Gasteiger partial charge in [-0.3, -0.25) is 4.79 Å². The lowest BCUT2D eigenvalue weighted by atomic mass is 10.1. The number of carbonyl (C=O) groups is 1. The SMILES string of the molecule is COc1ccc(C(=O)N(Cc2cc(N)ccc2N(C)C)CC(C)C)cc1. The van der Waals surface area contributed by atoms with Crippen molar-refractivity contribution in [3.05, 3.63) is 53.6 Å². The van der Waals surface area contributed by atoms with Crippen LogP contribution in [0.25, 0.3) is 0 Å². The molecule has 0 unspecified atom stereocenters. The van der Waals surface area contributed by atoms with Crippen LogP contribution in [-0.4, -0.2) is 38.6 Å². The van der Waals surface area contributed by atoms with Crippen molar-refractivity contribution in [2.45, 2.75) is 20.4 Å². The number of nitrogens with zero attached hydrogens (tertiary/aromatic N) is 2. The Morgan fingerprint density at radius 3 is 2.31 bits per heavy atom. The van der Waals surface area contributed by atoms with E-state index >= 15 is 0 Å². The molecule has 0 fully saturated rings. The van der Waals surface area contributed by atoms with Crippen LogP contribution in [0.1, 0.15) is 29.8 Å². The fourth-order valence-electron chi connectivity index (χ4n) is 2.95. The van der Waals surface area contributed by atoms with Crippen molar-refractivity contribution in [2.75, 3.05) is 38.4 Å². The van der Waals surface area contributed by atoms with Crippen molar-refractivity contribution < 1.29 is 9.53 Å². The standard InChI is InChI=1S/C21H29N3O2/c1-15(2)13-24(21(25)16-6-9-19(26-5)10-7-16)14-17-12-18(22)8-11-20(17)23(3)4/h6-12,15H,13-14,22H2,1-5H3. The minimum atomic E-state index is 0.00786. The van der Waals surface area contributed by atoms with Gasteiger partial charge in [0.2, 0.25) is 0 Å². The predicted molar refractivity (Wildman–Crippen MR) is 108 cm³/mol. The topological polar surface area (TPSA) is 58.8 Å². The number of nitrogens with two attached hydrogens (primary N) is 1.